The zero-order valence-corrected chi connectivity index (χ0v) is 28.4. The average molecular weight is 653 g/mol. The zero-order chi connectivity index (χ0) is 34.8. The number of aliphatic carboxylic acids is 1. The fraction of sp³-hybridized carbons (Fsp3) is 0.879. The van der Waals surface area contributed by atoms with Crippen molar-refractivity contribution in [3.8, 4) is 0 Å². The monoisotopic (exact) mass is 652 g/mol. The number of hydrogen-bond acceptors (Lipinski definition) is 11. The van der Waals surface area contributed by atoms with E-state index >= 15 is 0 Å². The quantitative estimate of drug-likeness (QED) is 0.0484. The second-order valence-electron chi connectivity index (χ2n) is 10.8. The molecule has 0 aromatic carbocycles. The molecule has 5 N–H and O–H groups in total. The Bertz CT molecular complexity index is 690. The first-order valence-electron chi connectivity index (χ1n) is 16.8. The lowest BCUT2D eigenvalue weighted by molar-refractivity contribution is -0.177. The van der Waals surface area contributed by atoms with Gasteiger partial charge in [-0.05, 0) is 27.2 Å². The van der Waals surface area contributed by atoms with Crippen molar-refractivity contribution in [1.29, 1.82) is 0 Å². The predicted molar refractivity (Wildman–Crippen MR) is 171 cm³/mol. The van der Waals surface area contributed by atoms with E-state index in [4.69, 9.17) is 20.4 Å². The number of aliphatic hydroxyl groups is 4. The molecule has 12 nitrogen and oxygen atoms in total. The highest BCUT2D eigenvalue weighted by atomic mass is 16.6. The molecule has 0 radical (unpaired) electrons. The van der Waals surface area contributed by atoms with Crippen molar-refractivity contribution in [3.63, 3.8) is 0 Å². The van der Waals surface area contributed by atoms with E-state index in [0.29, 0.717) is 6.42 Å². The maximum Gasteiger partial charge on any atom is 0.339 e. The van der Waals surface area contributed by atoms with Gasteiger partial charge < -0.3 is 39.7 Å². The Morgan fingerprint density at radius 2 is 0.911 bits per heavy atom. The Labute approximate surface area is 270 Å². The molecule has 0 fully saturated rings. The smallest absolute Gasteiger partial charge is 0.339 e. The van der Waals surface area contributed by atoms with E-state index < -0.39 is 48.4 Å². The molecule has 0 bridgehead atoms. The number of carbonyl (C=O) groups excluding carboxylic acids is 3. The lowest BCUT2D eigenvalue weighted by Crippen LogP contribution is -2.44. The molecule has 0 aromatic heterocycles. The number of aliphatic hydroxyl groups excluding tert-OH is 3. The first-order valence-corrected chi connectivity index (χ1v) is 16.8. The van der Waals surface area contributed by atoms with Crippen LogP contribution in [0.15, 0.2) is 0 Å². The molecule has 45 heavy (non-hydrogen) atoms. The molecule has 0 heterocycles. The molecule has 0 saturated heterocycles. The molecule has 0 amide bonds. The van der Waals surface area contributed by atoms with Gasteiger partial charge in [0.25, 0.3) is 0 Å². The van der Waals surface area contributed by atoms with Gasteiger partial charge in [-0.15, -0.1) is 0 Å². The third-order valence-corrected chi connectivity index (χ3v) is 6.56. The largest absolute Gasteiger partial charge is 0.481 e. The molecule has 0 saturated carbocycles. The Morgan fingerprint density at radius 3 is 1.18 bits per heavy atom. The first-order chi connectivity index (χ1) is 21.5. The van der Waals surface area contributed by atoms with Crippen LogP contribution < -0.4 is 0 Å². The summed E-state index contributed by atoms with van der Waals surface area (Å²) in [5, 5.41) is 42.7. The lowest BCUT2D eigenvalue weighted by atomic mass is 9.95. The number of carboxylic acid groups (broad SMARTS) is 1. The van der Waals surface area contributed by atoms with Crippen LogP contribution in [0.5, 0.6) is 0 Å². The number of rotatable bonds is 26. The lowest BCUT2D eigenvalue weighted by Gasteiger charge is -2.23. The number of esters is 3. The van der Waals surface area contributed by atoms with E-state index in [1.54, 1.807) is 20.8 Å². The van der Waals surface area contributed by atoms with Crippen LogP contribution in [-0.2, 0) is 33.4 Å². The topological polar surface area (TPSA) is 197 Å². The van der Waals surface area contributed by atoms with E-state index in [-0.39, 0.29) is 33.0 Å². The second kappa shape index (κ2) is 34.6. The summed E-state index contributed by atoms with van der Waals surface area (Å²) in [7, 11) is 0. The van der Waals surface area contributed by atoms with Crippen LogP contribution in [0, 0.1) is 0 Å². The second-order valence-corrected chi connectivity index (χ2v) is 10.8. The van der Waals surface area contributed by atoms with Crippen molar-refractivity contribution in [3.05, 3.63) is 0 Å². The highest BCUT2D eigenvalue weighted by molar-refractivity contribution is 5.90. The predicted octanol–water partition coefficient (Wildman–Crippen LogP) is 4.85. The zero-order valence-electron chi connectivity index (χ0n) is 28.4. The van der Waals surface area contributed by atoms with Crippen LogP contribution in [0.2, 0.25) is 0 Å². The molecular weight excluding hydrogens is 588 g/mol. The molecule has 0 unspecified atom stereocenters. The standard InChI is InChI=1S/C18H36O2.C12H20O7.C3H8O3/c1-2-3-4-5-6-7-8-9-10-11-12-13-14-15-16-17-18(19)20;1-4-17-9(13)7-12(16,11(15)19-6-3)8-10(14)18-5-2;4-1-3(6)2-5/h2-17H2,1H3,(H,19,20);16H,4-8H2,1-3H3;3-6H,1-2H2. The van der Waals surface area contributed by atoms with Crippen molar-refractivity contribution in [2.45, 2.75) is 155 Å². The van der Waals surface area contributed by atoms with Gasteiger partial charge in [0.15, 0.2) is 5.60 Å². The summed E-state index contributed by atoms with van der Waals surface area (Å²) in [5.74, 6) is -3.28. The molecule has 268 valence electrons. The van der Waals surface area contributed by atoms with E-state index in [1.807, 2.05) is 0 Å². The number of carbonyl (C=O) groups is 4. The maximum absolute atomic E-state index is 11.7. The van der Waals surface area contributed by atoms with Gasteiger partial charge in [0.05, 0.1) is 45.9 Å². The summed E-state index contributed by atoms with van der Waals surface area (Å²) >= 11 is 0. The summed E-state index contributed by atoms with van der Waals surface area (Å²) in [5.41, 5.74) is -2.26. The molecular formula is C33H64O12. The van der Waals surface area contributed by atoms with E-state index in [9.17, 15) is 24.3 Å². The molecule has 0 rings (SSSR count). The highest BCUT2D eigenvalue weighted by Gasteiger charge is 2.43. The van der Waals surface area contributed by atoms with Crippen LogP contribution in [0.25, 0.3) is 0 Å². The van der Waals surface area contributed by atoms with Crippen molar-refractivity contribution >= 4 is 23.9 Å². The third kappa shape index (κ3) is 34.4. The fourth-order valence-corrected chi connectivity index (χ4v) is 4.08. The van der Waals surface area contributed by atoms with Crippen LogP contribution in [0.1, 0.15) is 143 Å². The fourth-order valence-electron chi connectivity index (χ4n) is 4.08. The Balaban J connectivity index is -0.000000664. The van der Waals surface area contributed by atoms with Crippen molar-refractivity contribution in [1.82, 2.24) is 0 Å². The van der Waals surface area contributed by atoms with Crippen molar-refractivity contribution < 1.29 is 58.9 Å². The summed E-state index contributed by atoms with van der Waals surface area (Å²) < 4.78 is 14.0. The average Bonchev–Trinajstić information content (AvgIpc) is 2.99. The van der Waals surface area contributed by atoms with Crippen molar-refractivity contribution in [2.75, 3.05) is 33.0 Å². The molecule has 0 aliphatic heterocycles. The molecule has 12 heteroatoms. The summed E-state index contributed by atoms with van der Waals surface area (Å²) in [4.78, 5) is 44.7. The molecule has 0 spiro atoms. The molecule has 0 atom stereocenters. The van der Waals surface area contributed by atoms with Crippen molar-refractivity contribution in [2.24, 2.45) is 0 Å². The molecule has 0 aliphatic carbocycles. The van der Waals surface area contributed by atoms with E-state index in [1.165, 1.54) is 83.5 Å². The molecule has 0 aromatic rings. The SMILES string of the molecule is CCCCCCCCCCCCCCCCCC(=O)O.CCOC(=O)CC(O)(CC(=O)OCC)C(=O)OCC.OCC(O)CO. The van der Waals surface area contributed by atoms with Gasteiger partial charge in [0, 0.05) is 6.42 Å². The number of unbranched alkanes of at least 4 members (excludes halogenated alkanes) is 14. The highest BCUT2D eigenvalue weighted by Crippen LogP contribution is 2.20. The van der Waals surface area contributed by atoms with Crippen LogP contribution >= 0.6 is 0 Å². The Kier molecular flexibility index (Phi) is 36.2. The van der Waals surface area contributed by atoms with Gasteiger partial charge in [0.2, 0.25) is 0 Å². The summed E-state index contributed by atoms with van der Waals surface area (Å²) in [6.45, 7) is 6.51. The maximum atomic E-state index is 11.7. The minimum absolute atomic E-state index is 0.0206. The number of hydrogen-bond donors (Lipinski definition) is 5. The number of ether oxygens (including phenoxy) is 3. The van der Waals surface area contributed by atoms with Gasteiger partial charge in [0.1, 0.15) is 6.10 Å². The number of carboxylic acids is 1. The van der Waals surface area contributed by atoms with Gasteiger partial charge >= 0.3 is 23.9 Å². The van der Waals surface area contributed by atoms with E-state index in [0.717, 1.165) is 12.8 Å². The third-order valence-electron chi connectivity index (χ3n) is 6.56. The molecule has 0 aliphatic rings. The minimum atomic E-state index is -2.26. The Morgan fingerprint density at radius 1 is 0.578 bits per heavy atom. The summed E-state index contributed by atoms with van der Waals surface area (Å²) in [6.07, 6.45) is 17.9. The summed E-state index contributed by atoms with van der Waals surface area (Å²) in [6, 6.07) is 0. The van der Waals surface area contributed by atoms with Gasteiger partial charge in [-0.2, -0.15) is 0 Å². The first kappa shape index (κ1) is 47.1. The van der Waals surface area contributed by atoms with Crippen LogP contribution in [0.3, 0.4) is 0 Å². The van der Waals surface area contributed by atoms with Gasteiger partial charge in [-0.1, -0.05) is 96.8 Å². The van der Waals surface area contributed by atoms with Gasteiger partial charge in [-0.25, -0.2) is 4.79 Å². The normalized spacial score (nSPS) is 10.7. The van der Waals surface area contributed by atoms with Crippen LogP contribution in [-0.4, -0.2) is 94.1 Å². The minimum Gasteiger partial charge on any atom is -0.481 e. The van der Waals surface area contributed by atoms with Gasteiger partial charge in [-0.3, -0.25) is 14.4 Å². The Hall–Kier alpha value is -2.28. The van der Waals surface area contributed by atoms with E-state index in [2.05, 4.69) is 21.1 Å². The van der Waals surface area contributed by atoms with Crippen LogP contribution in [0.4, 0.5) is 0 Å².